The van der Waals surface area contributed by atoms with Crippen LogP contribution in [0.4, 0.5) is 0 Å². The molecule has 6 nitrogen and oxygen atoms in total. The van der Waals surface area contributed by atoms with Crippen LogP contribution in [0, 0.1) is 0 Å². The average molecular weight is 244 g/mol. The van der Waals surface area contributed by atoms with Crippen LogP contribution in [0.2, 0.25) is 0 Å². The molecule has 0 aliphatic carbocycles. The van der Waals surface area contributed by atoms with Crippen LogP contribution in [-0.4, -0.2) is 74.7 Å². The molecule has 6 heteroatoms. The van der Waals surface area contributed by atoms with E-state index in [1.807, 2.05) is 0 Å². The van der Waals surface area contributed by atoms with E-state index in [1.165, 1.54) is 11.8 Å². The van der Waals surface area contributed by atoms with Crippen LogP contribution in [0.5, 0.6) is 0 Å². The zero-order valence-corrected chi connectivity index (χ0v) is 10.6. The highest BCUT2D eigenvalue weighted by Gasteiger charge is 2.21. The molecule has 1 saturated heterocycles. The minimum Gasteiger partial charge on any atom is -0.377 e. The van der Waals surface area contributed by atoms with Crippen LogP contribution in [0.3, 0.4) is 0 Å². The Morgan fingerprint density at radius 3 is 2.76 bits per heavy atom. The molecule has 0 spiro atoms. The maximum Gasteiger partial charge on any atom is 0.248 e. The number of ether oxygens (including phenoxy) is 2. The van der Waals surface area contributed by atoms with Crippen molar-refractivity contribution in [3.63, 3.8) is 0 Å². The van der Waals surface area contributed by atoms with E-state index in [9.17, 15) is 9.59 Å². The van der Waals surface area contributed by atoms with Crippen molar-refractivity contribution in [1.29, 1.82) is 0 Å². The Balaban J connectivity index is 2.41. The smallest absolute Gasteiger partial charge is 0.248 e. The van der Waals surface area contributed by atoms with Gasteiger partial charge in [-0.3, -0.25) is 9.59 Å². The van der Waals surface area contributed by atoms with Crippen molar-refractivity contribution in [1.82, 2.24) is 9.80 Å². The molecule has 0 bridgehead atoms. The molecule has 0 unspecified atom stereocenters. The largest absolute Gasteiger partial charge is 0.377 e. The fourth-order valence-corrected chi connectivity index (χ4v) is 1.48. The van der Waals surface area contributed by atoms with Gasteiger partial charge in [-0.2, -0.15) is 0 Å². The van der Waals surface area contributed by atoms with E-state index >= 15 is 0 Å². The quantitative estimate of drug-likeness (QED) is 0.661. The summed E-state index contributed by atoms with van der Waals surface area (Å²) in [4.78, 5) is 25.8. The van der Waals surface area contributed by atoms with Gasteiger partial charge in [0.1, 0.15) is 6.61 Å². The molecule has 0 saturated carbocycles. The van der Waals surface area contributed by atoms with Crippen LogP contribution < -0.4 is 0 Å². The maximum absolute atomic E-state index is 11.4. The molecule has 1 fully saturated rings. The first kappa shape index (κ1) is 13.9. The lowest BCUT2D eigenvalue weighted by molar-refractivity contribution is -0.137. The number of likely N-dealkylation sites (N-methyl/N-ethyl adjacent to an activating group) is 1. The topological polar surface area (TPSA) is 59.1 Å². The van der Waals surface area contributed by atoms with Crippen molar-refractivity contribution in [2.24, 2.45) is 0 Å². The molecule has 0 radical (unpaired) electrons. The van der Waals surface area contributed by atoms with E-state index in [1.54, 1.807) is 19.0 Å². The molecule has 1 aliphatic heterocycles. The van der Waals surface area contributed by atoms with Gasteiger partial charge in [-0.25, -0.2) is 0 Å². The zero-order chi connectivity index (χ0) is 12.8. The van der Waals surface area contributed by atoms with Gasteiger partial charge < -0.3 is 19.3 Å². The molecule has 1 aliphatic rings. The van der Waals surface area contributed by atoms with Crippen LogP contribution >= 0.6 is 0 Å². The van der Waals surface area contributed by atoms with Crippen molar-refractivity contribution in [3.8, 4) is 0 Å². The first-order valence-electron chi connectivity index (χ1n) is 5.65. The highest BCUT2D eigenvalue weighted by atomic mass is 16.5. The maximum atomic E-state index is 11.4. The number of carbonyl (C=O) groups excluding carboxylic acids is 2. The van der Waals surface area contributed by atoms with E-state index < -0.39 is 0 Å². The Morgan fingerprint density at radius 1 is 1.47 bits per heavy atom. The molecular weight excluding hydrogens is 224 g/mol. The van der Waals surface area contributed by atoms with Gasteiger partial charge in [-0.05, 0) is 0 Å². The van der Waals surface area contributed by atoms with Crippen LogP contribution in [0.1, 0.15) is 6.92 Å². The molecular formula is C11H20N2O4. The molecule has 1 atom stereocenters. The first-order valence-corrected chi connectivity index (χ1v) is 5.65. The zero-order valence-electron chi connectivity index (χ0n) is 10.6. The molecule has 17 heavy (non-hydrogen) atoms. The summed E-state index contributed by atoms with van der Waals surface area (Å²) in [6.45, 7) is 3.54. The van der Waals surface area contributed by atoms with Gasteiger partial charge in [0.2, 0.25) is 11.8 Å². The summed E-state index contributed by atoms with van der Waals surface area (Å²) in [6, 6.07) is 0. The van der Waals surface area contributed by atoms with E-state index in [0.717, 1.165) is 0 Å². The minimum atomic E-state index is -0.231. The van der Waals surface area contributed by atoms with Gasteiger partial charge >= 0.3 is 0 Å². The van der Waals surface area contributed by atoms with Gasteiger partial charge in [0.05, 0.1) is 19.3 Å². The fourth-order valence-electron chi connectivity index (χ4n) is 1.48. The summed E-state index contributed by atoms with van der Waals surface area (Å²) in [7, 11) is 3.36. The van der Waals surface area contributed by atoms with Crippen molar-refractivity contribution < 1.29 is 19.1 Å². The molecule has 0 N–H and O–H groups in total. The number of rotatable bonds is 3. The van der Waals surface area contributed by atoms with E-state index in [-0.39, 0.29) is 24.5 Å². The third-order valence-electron chi connectivity index (χ3n) is 2.62. The number of nitrogens with zero attached hydrogens (tertiary/aromatic N) is 2. The number of hydrogen-bond acceptors (Lipinski definition) is 4. The standard InChI is InChI=1S/C11H20N2O4/c1-9(14)13-4-5-16-7-10(6-13)17-8-11(15)12(2)3/h10H,4-8H2,1-3H3/t10-/m1/s1. The number of amides is 2. The van der Waals surface area contributed by atoms with E-state index in [2.05, 4.69) is 0 Å². The van der Waals surface area contributed by atoms with Gasteiger partial charge in [-0.15, -0.1) is 0 Å². The SMILES string of the molecule is CC(=O)N1CCOC[C@H](OCC(=O)N(C)C)C1. The summed E-state index contributed by atoms with van der Waals surface area (Å²) in [5.41, 5.74) is 0. The highest BCUT2D eigenvalue weighted by Crippen LogP contribution is 2.04. The predicted molar refractivity (Wildman–Crippen MR) is 61.5 cm³/mol. The summed E-state index contributed by atoms with van der Waals surface area (Å²) >= 11 is 0. The molecule has 2 amide bonds. The lowest BCUT2D eigenvalue weighted by atomic mass is 10.3. The summed E-state index contributed by atoms with van der Waals surface area (Å²) in [5.74, 6) is -0.0911. The normalized spacial score (nSPS) is 20.9. The average Bonchev–Trinajstić information content (AvgIpc) is 2.50. The van der Waals surface area contributed by atoms with Crippen molar-refractivity contribution in [2.45, 2.75) is 13.0 Å². The fraction of sp³-hybridized carbons (Fsp3) is 0.818. The lowest BCUT2D eigenvalue weighted by Gasteiger charge is -2.22. The lowest BCUT2D eigenvalue weighted by Crippen LogP contribution is -2.39. The Morgan fingerprint density at radius 2 is 2.18 bits per heavy atom. The number of carbonyl (C=O) groups is 2. The molecule has 98 valence electrons. The highest BCUT2D eigenvalue weighted by molar-refractivity contribution is 5.76. The second-order valence-electron chi connectivity index (χ2n) is 4.26. The summed E-state index contributed by atoms with van der Waals surface area (Å²) < 4.78 is 10.8. The Labute approximate surface area is 101 Å². The van der Waals surface area contributed by atoms with Gasteiger partial charge in [0.25, 0.3) is 0 Å². The van der Waals surface area contributed by atoms with Crippen molar-refractivity contribution in [3.05, 3.63) is 0 Å². The van der Waals surface area contributed by atoms with E-state index in [4.69, 9.17) is 9.47 Å². The summed E-state index contributed by atoms with van der Waals surface area (Å²) in [5, 5.41) is 0. The predicted octanol–water partition coefficient (Wildman–Crippen LogP) is -0.661. The summed E-state index contributed by atoms with van der Waals surface area (Å²) in [6.07, 6.45) is -0.231. The first-order chi connectivity index (χ1) is 8.00. The van der Waals surface area contributed by atoms with Crippen molar-refractivity contribution >= 4 is 11.8 Å². The van der Waals surface area contributed by atoms with Crippen LogP contribution in [-0.2, 0) is 19.1 Å². The second-order valence-corrected chi connectivity index (χ2v) is 4.26. The minimum absolute atomic E-state index is 0.00281. The molecule has 0 aromatic heterocycles. The Hall–Kier alpha value is -1.14. The van der Waals surface area contributed by atoms with Gasteiger partial charge in [0.15, 0.2) is 0 Å². The van der Waals surface area contributed by atoms with E-state index in [0.29, 0.717) is 26.3 Å². The second kappa shape index (κ2) is 6.56. The molecule has 1 rings (SSSR count). The molecule has 1 heterocycles. The van der Waals surface area contributed by atoms with Gasteiger partial charge in [0, 0.05) is 34.1 Å². The number of hydrogen-bond donors (Lipinski definition) is 0. The third kappa shape index (κ3) is 4.70. The van der Waals surface area contributed by atoms with Crippen LogP contribution in [0.15, 0.2) is 0 Å². The Kier molecular flexibility index (Phi) is 5.37. The Bertz CT molecular complexity index is 281. The third-order valence-corrected chi connectivity index (χ3v) is 2.62. The monoisotopic (exact) mass is 244 g/mol. The molecule has 0 aromatic carbocycles. The van der Waals surface area contributed by atoms with Gasteiger partial charge in [-0.1, -0.05) is 0 Å². The molecule has 0 aromatic rings. The van der Waals surface area contributed by atoms with Crippen molar-refractivity contribution in [2.75, 3.05) is 47.0 Å². The van der Waals surface area contributed by atoms with Crippen LogP contribution in [0.25, 0.3) is 0 Å².